The molecule has 1 aromatic heterocycles. The Morgan fingerprint density at radius 2 is 1.39 bits per heavy atom. The SMILES string of the molecule is Oc1cc2nc3cc(Cl)cc(Cl)c3nc2cc1O. The van der Waals surface area contributed by atoms with Crippen LogP contribution in [-0.2, 0) is 0 Å². The fourth-order valence-electron chi connectivity index (χ4n) is 1.73. The highest BCUT2D eigenvalue weighted by Gasteiger charge is 2.09. The molecule has 0 spiro atoms. The van der Waals surface area contributed by atoms with Gasteiger partial charge in [-0.25, -0.2) is 9.97 Å². The Morgan fingerprint density at radius 1 is 0.778 bits per heavy atom. The molecule has 2 N–H and O–H groups in total. The maximum absolute atomic E-state index is 9.43. The maximum atomic E-state index is 9.43. The van der Waals surface area contributed by atoms with Crippen LogP contribution in [0.1, 0.15) is 0 Å². The Hall–Kier alpha value is -1.78. The monoisotopic (exact) mass is 280 g/mol. The van der Waals surface area contributed by atoms with E-state index in [9.17, 15) is 10.2 Å². The van der Waals surface area contributed by atoms with Crippen molar-refractivity contribution in [1.82, 2.24) is 9.97 Å². The zero-order valence-electron chi connectivity index (χ0n) is 8.85. The predicted octanol–water partition coefficient (Wildman–Crippen LogP) is 3.50. The lowest BCUT2D eigenvalue weighted by Crippen LogP contribution is -1.88. The molecule has 6 heteroatoms. The van der Waals surface area contributed by atoms with Gasteiger partial charge in [0.1, 0.15) is 5.52 Å². The third-order valence-electron chi connectivity index (χ3n) is 2.55. The zero-order chi connectivity index (χ0) is 12.9. The van der Waals surface area contributed by atoms with Gasteiger partial charge in [0.2, 0.25) is 0 Å². The molecule has 90 valence electrons. The Labute approximate surface area is 111 Å². The average Bonchev–Trinajstić information content (AvgIpc) is 2.29. The number of hydrogen-bond acceptors (Lipinski definition) is 4. The van der Waals surface area contributed by atoms with Crippen LogP contribution in [0.4, 0.5) is 0 Å². The minimum atomic E-state index is -0.249. The molecule has 1 heterocycles. The topological polar surface area (TPSA) is 66.2 Å². The van der Waals surface area contributed by atoms with E-state index in [1.807, 2.05) is 0 Å². The molecule has 0 unspecified atom stereocenters. The first-order chi connectivity index (χ1) is 8.54. The van der Waals surface area contributed by atoms with Crippen molar-refractivity contribution in [2.45, 2.75) is 0 Å². The highest BCUT2D eigenvalue weighted by molar-refractivity contribution is 6.38. The van der Waals surface area contributed by atoms with Crippen LogP contribution in [0.25, 0.3) is 22.1 Å². The van der Waals surface area contributed by atoms with E-state index in [1.165, 1.54) is 12.1 Å². The average molecular weight is 281 g/mol. The number of nitrogens with zero attached hydrogens (tertiary/aromatic N) is 2. The molecular weight excluding hydrogens is 275 g/mol. The maximum Gasteiger partial charge on any atom is 0.159 e. The number of benzene rings is 2. The van der Waals surface area contributed by atoms with Crippen LogP contribution in [0.2, 0.25) is 10.0 Å². The summed E-state index contributed by atoms with van der Waals surface area (Å²) in [6.45, 7) is 0. The van der Waals surface area contributed by atoms with Crippen molar-refractivity contribution < 1.29 is 10.2 Å². The van der Waals surface area contributed by atoms with Gasteiger partial charge in [0.05, 0.1) is 21.6 Å². The molecule has 0 saturated heterocycles. The number of fused-ring (bicyclic) bond motifs is 2. The van der Waals surface area contributed by atoms with E-state index in [1.54, 1.807) is 12.1 Å². The molecule has 0 amide bonds. The van der Waals surface area contributed by atoms with Gasteiger partial charge in [0.25, 0.3) is 0 Å². The number of phenols is 2. The number of aromatic nitrogens is 2. The number of halogens is 2. The van der Waals surface area contributed by atoms with Crippen molar-refractivity contribution in [2.24, 2.45) is 0 Å². The van der Waals surface area contributed by atoms with Crippen LogP contribution >= 0.6 is 23.2 Å². The molecule has 3 rings (SSSR count). The molecule has 18 heavy (non-hydrogen) atoms. The zero-order valence-corrected chi connectivity index (χ0v) is 10.4. The fraction of sp³-hybridized carbons (Fsp3) is 0. The van der Waals surface area contributed by atoms with Crippen LogP contribution in [0.15, 0.2) is 24.3 Å². The second-order valence-electron chi connectivity index (χ2n) is 3.81. The van der Waals surface area contributed by atoms with Crippen molar-refractivity contribution in [2.75, 3.05) is 0 Å². The molecule has 0 aliphatic carbocycles. The van der Waals surface area contributed by atoms with E-state index in [2.05, 4.69) is 9.97 Å². The molecule has 0 bridgehead atoms. The lowest BCUT2D eigenvalue weighted by Gasteiger charge is -2.05. The van der Waals surface area contributed by atoms with Gasteiger partial charge in [-0.05, 0) is 12.1 Å². The Morgan fingerprint density at radius 3 is 2.06 bits per heavy atom. The summed E-state index contributed by atoms with van der Waals surface area (Å²) in [6, 6.07) is 5.89. The molecule has 3 aromatic rings. The van der Waals surface area contributed by atoms with Crippen LogP contribution in [0.3, 0.4) is 0 Å². The number of rotatable bonds is 0. The quantitative estimate of drug-likeness (QED) is 0.489. The van der Waals surface area contributed by atoms with Gasteiger partial charge < -0.3 is 10.2 Å². The van der Waals surface area contributed by atoms with Crippen molar-refractivity contribution in [1.29, 1.82) is 0 Å². The summed E-state index contributed by atoms with van der Waals surface area (Å²) in [5.41, 5.74) is 1.93. The van der Waals surface area contributed by atoms with E-state index in [0.29, 0.717) is 32.1 Å². The second kappa shape index (κ2) is 3.86. The minimum Gasteiger partial charge on any atom is -0.504 e. The van der Waals surface area contributed by atoms with Gasteiger partial charge in [-0.3, -0.25) is 0 Å². The van der Waals surface area contributed by atoms with Crippen LogP contribution in [-0.4, -0.2) is 20.2 Å². The first-order valence-corrected chi connectivity index (χ1v) is 5.78. The lowest BCUT2D eigenvalue weighted by molar-refractivity contribution is 0.404. The largest absolute Gasteiger partial charge is 0.504 e. The summed E-state index contributed by atoms with van der Waals surface area (Å²) < 4.78 is 0. The van der Waals surface area contributed by atoms with Gasteiger partial charge in [0.15, 0.2) is 11.5 Å². The van der Waals surface area contributed by atoms with E-state index in [4.69, 9.17) is 23.2 Å². The van der Waals surface area contributed by atoms with Gasteiger partial charge in [-0.1, -0.05) is 23.2 Å². The molecule has 0 atom stereocenters. The summed E-state index contributed by atoms with van der Waals surface area (Å²) in [5, 5.41) is 19.7. The van der Waals surface area contributed by atoms with Gasteiger partial charge in [0, 0.05) is 17.2 Å². The minimum absolute atomic E-state index is 0.246. The standard InChI is InChI=1S/C12H6Cl2N2O2/c13-5-1-6(14)12-9(2-5)15-7-3-10(17)11(18)4-8(7)16-12/h1-4,17-18H. The van der Waals surface area contributed by atoms with Crippen molar-refractivity contribution in [3.8, 4) is 11.5 Å². The van der Waals surface area contributed by atoms with Gasteiger partial charge in [-0.15, -0.1) is 0 Å². The number of aromatic hydroxyl groups is 2. The highest BCUT2D eigenvalue weighted by atomic mass is 35.5. The van der Waals surface area contributed by atoms with Crippen molar-refractivity contribution >= 4 is 45.3 Å². The Balaban J connectivity index is 2.47. The molecule has 0 saturated carbocycles. The normalized spacial score (nSPS) is 11.2. The number of hydrogen-bond donors (Lipinski definition) is 2. The first-order valence-electron chi connectivity index (χ1n) is 5.03. The summed E-state index contributed by atoms with van der Waals surface area (Å²) in [7, 11) is 0. The molecular formula is C12H6Cl2N2O2. The summed E-state index contributed by atoms with van der Waals surface area (Å²) in [6.07, 6.45) is 0. The molecule has 4 nitrogen and oxygen atoms in total. The molecule has 0 radical (unpaired) electrons. The Bertz CT molecular complexity index is 790. The summed E-state index contributed by atoms with van der Waals surface area (Å²) in [5.74, 6) is -0.495. The highest BCUT2D eigenvalue weighted by Crippen LogP contribution is 2.31. The molecule has 2 aromatic carbocycles. The number of phenolic OH excluding ortho intramolecular Hbond substituents is 2. The summed E-state index contributed by atoms with van der Waals surface area (Å²) >= 11 is 11.9. The van der Waals surface area contributed by atoms with Crippen molar-refractivity contribution in [3.05, 3.63) is 34.3 Å². The van der Waals surface area contributed by atoms with E-state index < -0.39 is 0 Å². The smallest absolute Gasteiger partial charge is 0.159 e. The lowest BCUT2D eigenvalue weighted by atomic mass is 10.2. The van der Waals surface area contributed by atoms with E-state index >= 15 is 0 Å². The molecule has 0 aliphatic rings. The van der Waals surface area contributed by atoms with Gasteiger partial charge >= 0.3 is 0 Å². The molecule has 0 fully saturated rings. The predicted molar refractivity (Wildman–Crippen MR) is 70.4 cm³/mol. The van der Waals surface area contributed by atoms with E-state index in [0.717, 1.165) is 0 Å². The third-order valence-corrected chi connectivity index (χ3v) is 3.06. The Kier molecular flexibility index (Phi) is 2.43. The first kappa shape index (κ1) is 11.3. The van der Waals surface area contributed by atoms with E-state index in [-0.39, 0.29) is 11.5 Å². The second-order valence-corrected chi connectivity index (χ2v) is 4.65. The van der Waals surface area contributed by atoms with Crippen LogP contribution < -0.4 is 0 Å². The molecule has 0 aliphatic heterocycles. The fourth-order valence-corrected chi connectivity index (χ4v) is 2.26. The van der Waals surface area contributed by atoms with Crippen LogP contribution in [0.5, 0.6) is 11.5 Å². The third kappa shape index (κ3) is 1.70. The van der Waals surface area contributed by atoms with Crippen LogP contribution in [0, 0.1) is 0 Å². The van der Waals surface area contributed by atoms with Crippen molar-refractivity contribution in [3.63, 3.8) is 0 Å². The van der Waals surface area contributed by atoms with Gasteiger partial charge in [-0.2, -0.15) is 0 Å². The summed E-state index contributed by atoms with van der Waals surface area (Å²) in [4.78, 5) is 8.59.